The van der Waals surface area contributed by atoms with E-state index >= 15 is 0 Å². The lowest BCUT2D eigenvalue weighted by molar-refractivity contribution is -0.132. The van der Waals surface area contributed by atoms with Gasteiger partial charge in [-0.25, -0.2) is 0 Å². The van der Waals surface area contributed by atoms with Crippen LogP contribution in [-0.4, -0.2) is 41.5 Å². The largest absolute Gasteiger partial charge is 0.506 e. The summed E-state index contributed by atoms with van der Waals surface area (Å²) in [5.41, 5.74) is 0.380. The van der Waals surface area contributed by atoms with E-state index in [2.05, 4.69) is 0 Å². The van der Waals surface area contributed by atoms with Gasteiger partial charge in [-0.15, -0.1) is 0 Å². The van der Waals surface area contributed by atoms with Gasteiger partial charge in [-0.05, 0) is 31.4 Å². The maximum Gasteiger partial charge on any atom is 0.242 e. The molecule has 1 aromatic carbocycles. The monoisotopic (exact) mass is 276 g/mol. The highest BCUT2D eigenvalue weighted by molar-refractivity contribution is 5.98. The van der Waals surface area contributed by atoms with E-state index < -0.39 is 0 Å². The molecule has 108 valence electrons. The summed E-state index contributed by atoms with van der Waals surface area (Å²) < 4.78 is 0. The lowest BCUT2D eigenvalue weighted by Crippen LogP contribution is -2.44. The zero-order valence-corrected chi connectivity index (χ0v) is 11.7. The van der Waals surface area contributed by atoms with Crippen molar-refractivity contribution in [2.75, 3.05) is 24.5 Å². The van der Waals surface area contributed by atoms with Crippen molar-refractivity contribution in [2.24, 2.45) is 0 Å². The minimum atomic E-state index is -0.253. The van der Waals surface area contributed by atoms with Crippen LogP contribution >= 0.6 is 0 Å². The molecule has 5 heteroatoms. The number of carbonyl (C=O) groups is 2. The van der Waals surface area contributed by atoms with Gasteiger partial charge in [0.15, 0.2) is 0 Å². The third-order valence-corrected chi connectivity index (χ3v) is 3.55. The Balaban J connectivity index is 2.12. The Kier molecular flexibility index (Phi) is 4.61. The number of anilines is 1. The van der Waals surface area contributed by atoms with Crippen molar-refractivity contribution in [3.63, 3.8) is 0 Å². The van der Waals surface area contributed by atoms with Gasteiger partial charge >= 0.3 is 0 Å². The van der Waals surface area contributed by atoms with Crippen LogP contribution in [0.1, 0.15) is 26.2 Å². The van der Waals surface area contributed by atoms with Crippen LogP contribution < -0.4 is 4.90 Å². The van der Waals surface area contributed by atoms with E-state index in [-0.39, 0.29) is 24.1 Å². The van der Waals surface area contributed by atoms with E-state index in [0.29, 0.717) is 5.69 Å². The van der Waals surface area contributed by atoms with Crippen molar-refractivity contribution >= 4 is 17.5 Å². The van der Waals surface area contributed by atoms with Crippen LogP contribution in [0.4, 0.5) is 5.69 Å². The van der Waals surface area contributed by atoms with Gasteiger partial charge in [0.1, 0.15) is 12.3 Å². The molecule has 1 fully saturated rings. The summed E-state index contributed by atoms with van der Waals surface area (Å²) in [5.74, 6) is -0.311. The summed E-state index contributed by atoms with van der Waals surface area (Å²) in [6.07, 6.45) is 3.18. The normalized spacial score (nSPS) is 14.9. The molecule has 1 N–H and O–H groups in total. The third kappa shape index (κ3) is 3.29. The van der Waals surface area contributed by atoms with Gasteiger partial charge < -0.3 is 10.0 Å². The van der Waals surface area contributed by atoms with Crippen LogP contribution in [0.3, 0.4) is 0 Å². The van der Waals surface area contributed by atoms with Gasteiger partial charge in [0.05, 0.1) is 5.69 Å². The van der Waals surface area contributed by atoms with Crippen molar-refractivity contribution in [3.05, 3.63) is 24.3 Å². The molecule has 1 aliphatic rings. The second-order valence-electron chi connectivity index (χ2n) is 5.04. The Morgan fingerprint density at radius 1 is 1.20 bits per heavy atom. The first-order chi connectivity index (χ1) is 9.59. The van der Waals surface area contributed by atoms with Crippen LogP contribution in [0.2, 0.25) is 0 Å². The molecule has 0 saturated carbocycles. The number of hydrogen-bond donors (Lipinski definition) is 1. The Labute approximate surface area is 118 Å². The summed E-state index contributed by atoms with van der Waals surface area (Å²) in [6, 6.07) is 6.57. The number of amides is 2. The van der Waals surface area contributed by atoms with E-state index in [1.165, 1.54) is 17.9 Å². The highest BCUT2D eigenvalue weighted by Gasteiger charge is 2.23. The lowest BCUT2D eigenvalue weighted by Gasteiger charge is -2.29. The number of aromatic hydroxyl groups is 1. The maximum absolute atomic E-state index is 12.2. The number of likely N-dealkylation sites (tertiary alicyclic amines) is 1. The predicted octanol–water partition coefficient (Wildman–Crippen LogP) is 1.76. The number of nitrogens with zero attached hydrogens (tertiary/aromatic N) is 2. The minimum absolute atomic E-state index is 0.00847. The molecular weight excluding hydrogens is 256 g/mol. The van der Waals surface area contributed by atoms with Gasteiger partial charge in [-0.1, -0.05) is 12.1 Å². The highest BCUT2D eigenvalue weighted by atomic mass is 16.3. The van der Waals surface area contributed by atoms with E-state index in [9.17, 15) is 14.7 Å². The Hall–Kier alpha value is -2.04. The fraction of sp³-hybridized carbons (Fsp3) is 0.467. The molecule has 2 rings (SSSR count). The maximum atomic E-state index is 12.2. The summed E-state index contributed by atoms with van der Waals surface area (Å²) in [5, 5.41) is 9.83. The Morgan fingerprint density at radius 2 is 1.85 bits per heavy atom. The molecule has 0 radical (unpaired) electrons. The van der Waals surface area contributed by atoms with Crippen LogP contribution in [0.5, 0.6) is 5.75 Å². The zero-order chi connectivity index (χ0) is 14.5. The number of phenols is 1. The smallest absolute Gasteiger partial charge is 0.242 e. The first kappa shape index (κ1) is 14.4. The molecule has 5 nitrogen and oxygen atoms in total. The van der Waals surface area contributed by atoms with Gasteiger partial charge in [0.25, 0.3) is 0 Å². The fourth-order valence-corrected chi connectivity index (χ4v) is 2.44. The van der Waals surface area contributed by atoms with E-state index in [4.69, 9.17) is 0 Å². The van der Waals surface area contributed by atoms with Gasteiger partial charge in [0, 0.05) is 20.0 Å². The van der Waals surface area contributed by atoms with E-state index in [0.717, 1.165) is 32.4 Å². The molecule has 20 heavy (non-hydrogen) atoms. The molecule has 2 amide bonds. The minimum Gasteiger partial charge on any atom is -0.506 e. The number of rotatable bonds is 3. The summed E-state index contributed by atoms with van der Waals surface area (Å²) in [4.78, 5) is 27.1. The third-order valence-electron chi connectivity index (χ3n) is 3.55. The first-order valence-corrected chi connectivity index (χ1v) is 6.93. The summed E-state index contributed by atoms with van der Waals surface area (Å²) >= 11 is 0. The quantitative estimate of drug-likeness (QED) is 0.915. The van der Waals surface area contributed by atoms with Gasteiger partial charge in [0.2, 0.25) is 11.8 Å². The number of benzene rings is 1. The molecule has 0 spiro atoms. The zero-order valence-electron chi connectivity index (χ0n) is 11.7. The highest BCUT2D eigenvalue weighted by Crippen LogP contribution is 2.26. The average molecular weight is 276 g/mol. The van der Waals surface area contributed by atoms with Gasteiger partial charge in [-0.3, -0.25) is 14.5 Å². The number of phenolic OH excluding ortho intramolecular Hbond substituents is 1. The molecule has 0 aliphatic carbocycles. The van der Waals surface area contributed by atoms with E-state index in [1.54, 1.807) is 23.1 Å². The van der Waals surface area contributed by atoms with E-state index in [1.807, 2.05) is 0 Å². The number of hydrogen-bond acceptors (Lipinski definition) is 3. The number of para-hydroxylation sites is 2. The molecule has 1 heterocycles. The topological polar surface area (TPSA) is 60.9 Å². The number of piperidine rings is 1. The van der Waals surface area contributed by atoms with Crippen LogP contribution in [-0.2, 0) is 9.59 Å². The van der Waals surface area contributed by atoms with Crippen LogP contribution in [0.15, 0.2) is 24.3 Å². The lowest BCUT2D eigenvalue weighted by atomic mass is 10.1. The predicted molar refractivity (Wildman–Crippen MR) is 76.6 cm³/mol. The van der Waals surface area contributed by atoms with Crippen molar-refractivity contribution < 1.29 is 14.7 Å². The van der Waals surface area contributed by atoms with Crippen LogP contribution in [0.25, 0.3) is 0 Å². The Bertz CT molecular complexity index is 496. The van der Waals surface area contributed by atoms with Crippen molar-refractivity contribution in [1.29, 1.82) is 0 Å². The van der Waals surface area contributed by atoms with Crippen molar-refractivity contribution in [3.8, 4) is 5.75 Å². The molecule has 1 aliphatic heterocycles. The second kappa shape index (κ2) is 6.41. The number of carbonyl (C=O) groups excluding carboxylic acids is 2. The molecule has 1 saturated heterocycles. The molecule has 0 unspecified atom stereocenters. The molecular formula is C15H20N2O3. The standard InChI is InChI=1S/C15H20N2O3/c1-12(18)17(13-7-3-4-8-14(13)19)11-15(20)16-9-5-2-6-10-16/h3-4,7-8,19H,2,5-6,9-11H2,1H3. The van der Waals surface area contributed by atoms with Gasteiger partial charge in [-0.2, -0.15) is 0 Å². The molecule has 0 aromatic heterocycles. The second-order valence-corrected chi connectivity index (χ2v) is 5.04. The average Bonchev–Trinajstić information content (AvgIpc) is 2.46. The van der Waals surface area contributed by atoms with Crippen molar-refractivity contribution in [2.45, 2.75) is 26.2 Å². The molecule has 0 bridgehead atoms. The SMILES string of the molecule is CC(=O)N(CC(=O)N1CCCCC1)c1ccccc1O. The first-order valence-electron chi connectivity index (χ1n) is 6.93. The van der Waals surface area contributed by atoms with Crippen molar-refractivity contribution in [1.82, 2.24) is 4.90 Å². The fourth-order valence-electron chi connectivity index (χ4n) is 2.44. The summed E-state index contributed by atoms with van der Waals surface area (Å²) in [6.45, 7) is 2.89. The summed E-state index contributed by atoms with van der Waals surface area (Å²) in [7, 11) is 0. The molecule has 0 atom stereocenters. The Morgan fingerprint density at radius 3 is 2.45 bits per heavy atom. The van der Waals surface area contributed by atoms with Crippen LogP contribution in [0, 0.1) is 0 Å². The molecule has 1 aromatic rings.